The fourth-order valence-electron chi connectivity index (χ4n) is 0.694. The van der Waals surface area contributed by atoms with E-state index >= 15 is 0 Å². The van der Waals surface area contributed by atoms with E-state index in [0.29, 0.717) is 0 Å². The highest BCUT2D eigenvalue weighted by molar-refractivity contribution is 5.77. The molecular weight excluding hydrogens is 172 g/mol. The number of aliphatic imine (C=N–C) groups is 2. The van der Waals surface area contributed by atoms with Crippen LogP contribution in [-0.2, 0) is 0 Å². The van der Waals surface area contributed by atoms with Gasteiger partial charge in [-0.3, -0.25) is 9.98 Å². The van der Waals surface area contributed by atoms with Gasteiger partial charge in [-0.25, -0.2) is 0 Å². The Morgan fingerprint density at radius 1 is 0.857 bits per heavy atom. The van der Waals surface area contributed by atoms with Crippen LogP contribution >= 0.6 is 0 Å². The Kier molecular flexibility index (Phi) is 6.96. The molecule has 0 fully saturated rings. The molecule has 0 rings (SSSR count). The molecule has 0 radical (unpaired) electrons. The summed E-state index contributed by atoms with van der Waals surface area (Å²) in [6.07, 6.45) is 10.3. The third kappa shape index (κ3) is 5.89. The third-order valence-electron chi connectivity index (χ3n) is 1.65. The van der Waals surface area contributed by atoms with Gasteiger partial charge in [0.15, 0.2) is 0 Å². The molecule has 0 heterocycles. The fourth-order valence-corrected chi connectivity index (χ4v) is 0.694. The Bertz CT molecular complexity index is 272. The van der Waals surface area contributed by atoms with Crippen LogP contribution in [0.3, 0.4) is 0 Å². The molecule has 0 amide bonds. The van der Waals surface area contributed by atoms with E-state index in [2.05, 4.69) is 23.1 Å². The molecule has 0 aromatic rings. The summed E-state index contributed by atoms with van der Waals surface area (Å²) in [5.74, 6) is 0. The largest absolute Gasteiger partial charge is 0.265 e. The first-order chi connectivity index (χ1) is 6.72. The SMILES string of the molecule is C=C\N=C/C=C(C)/C(C)=C/C=N\C=C. The number of hydrogen-bond donors (Lipinski definition) is 0. The van der Waals surface area contributed by atoms with Crippen molar-refractivity contribution in [3.8, 4) is 0 Å². The molecule has 0 N–H and O–H groups in total. The maximum absolute atomic E-state index is 3.88. The number of hydrogen-bond acceptors (Lipinski definition) is 2. The number of allylic oxidation sites excluding steroid dienone is 4. The minimum atomic E-state index is 1.14. The van der Waals surface area contributed by atoms with Crippen molar-refractivity contribution in [3.05, 3.63) is 48.9 Å². The summed E-state index contributed by atoms with van der Waals surface area (Å²) in [4.78, 5) is 7.75. The summed E-state index contributed by atoms with van der Waals surface area (Å²) in [5.41, 5.74) is 2.29. The van der Waals surface area contributed by atoms with Gasteiger partial charge in [0.05, 0.1) is 0 Å². The van der Waals surface area contributed by atoms with Crippen LogP contribution in [0.1, 0.15) is 13.8 Å². The van der Waals surface area contributed by atoms with E-state index in [1.165, 1.54) is 12.4 Å². The van der Waals surface area contributed by atoms with Gasteiger partial charge in [-0.2, -0.15) is 0 Å². The molecule has 0 bridgehead atoms. The molecule has 0 saturated carbocycles. The van der Waals surface area contributed by atoms with Crippen molar-refractivity contribution in [2.24, 2.45) is 9.98 Å². The van der Waals surface area contributed by atoms with Crippen LogP contribution in [0.25, 0.3) is 0 Å². The van der Waals surface area contributed by atoms with Gasteiger partial charge in [0.1, 0.15) is 0 Å². The van der Waals surface area contributed by atoms with Crippen molar-refractivity contribution in [1.82, 2.24) is 0 Å². The van der Waals surface area contributed by atoms with Gasteiger partial charge >= 0.3 is 0 Å². The second kappa shape index (κ2) is 7.92. The second-order valence-electron chi connectivity index (χ2n) is 2.66. The molecule has 2 heteroatoms. The van der Waals surface area contributed by atoms with E-state index in [1.807, 2.05) is 26.0 Å². The third-order valence-corrected chi connectivity index (χ3v) is 1.65. The molecule has 74 valence electrons. The van der Waals surface area contributed by atoms with Gasteiger partial charge in [-0.05, 0) is 37.1 Å². The molecule has 14 heavy (non-hydrogen) atoms. The van der Waals surface area contributed by atoms with Crippen LogP contribution in [0.5, 0.6) is 0 Å². The van der Waals surface area contributed by atoms with E-state index in [-0.39, 0.29) is 0 Å². The zero-order valence-corrected chi connectivity index (χ0v) is 8.77. The van der Waals surface area contributed by atoms with Gasteiger partial charge in [0.25, 0.3) is 0 Å². The molecule has 2 nitrogen and oxygen atoms in total. The summed E-state index contributed by atoms with van der Waals surface area (Å²) in [5, 5.41) is 0. The lowest BCUT2D eigenvalue weighted by molar-refractivity contribution is 1.36. The normalized spacial score (nSPS) is 13.9. The summed E-state index contributed by atoms with van der Waals surface area (Å²) in [7, 11) is 0. The van der Waals surface area contributed by atoms with E-state index in [0.717, 1.165) is 11.1 Å². The van der Waals surface area contributed by atoms with Crippen LogP contribution in [0.2, 0.25) is 0 Å². The molecule has 0 unspecified atom stereocenters. The average Bonchev–Trinajstić information content (AvgIpc) is 2.18. The van der Waals surface area contributed by atoms with Gasteiger partial charge in [0.2, 0.25) is 0 Å². The summed E-state index contributed by atoms with van der Waals surface area (Å²) in [6.45, 7) is 11.0. The van der Waals surface area contributed by atoms with Gasteiger partial charge < -0.3 is 0 Å². The highest BCUT2D eigenvalue weighted by Gasteiger charge is 1.88. The van der Waals surface area contributed by atoms with Gasteiger partial charge in [0, 0.05) is 24.8 Å². The van der Waals surface area contributed by atoms with E-state index in [4.69, 9.17) is 0 Å². The summed E-state index contributed by atoms with van der Waals surface area (Å²) >= 11 is 0. The summed E-state index contributed by atoms with van der Waals surface area (Å²) in [6, 6.07) is 0. The maximum Gasteiger partial charge on any atom is 0.0270 e. The molecule has 0 saturated heterocycles. The van der Waals surface area contributed by atoms with Crippen molar-refractivity contribution in [2.75, 3.05) is 0 Å². The maximum atomic E-state index is 3.88. The minimum Gasteiger partial charge on any atom is -0.265 e. The highest BCUT2D eigenvalue weighted by atomic mass is 14.6. The molecule has 0 aromatic carbocycles. The van der Waals surface area contributed by atoms with E-state index in [1.54, 1.807) is 12.4 Å². The lowest BCUT2D eigenvalue weighted by atomic mass is 10.1. The highest BCUT2D eigenvalue weighted by Crippen LogP contribution is 2.05. The van der Waals surface area contributed by atoms with Gasteiger partial charge in [-0.1, -0.05) is 13.2 Å². The Morgan fingerprint density at radius 3 is 1.50 bits per heavy atom. The molecule has 0 aliphatic carbocycles. The van der Waals surface area contributed by atoms with Crippen molar-refractivity contribution in [1.29, 1.82) is 0 Å². The molecule has 0 aliphatic rings. The van der Waals surface area contributed by atoms with Crippen LogP contribution in [0.15, 0.2) is 58.8 Å². The van der Waals surface area contributed by atoms with Crippen LogP contribution in [0, 0.1) is 0 Å². The Balaban J connectivity index is 4.43. The lowest BCUT2D eigenvalue weighted by Gasteiger charge is -1.96. The van der Waals surface area contributed by atoms with Crippen molar-refractivity contribution in [2.45, 2.75) is 13.8 Å². The predicted molar refractivity (Wildman–Crippen MR) is 64.9 cm³/mol. The Hall–Kier alpha value is -1.70. The monoisotopic (exact) mass is 188 g/mol. The summed E-state index contributed by atoms with van der Waals surface area (Å²) < 4.78 is 0. The number of nitrogens with zero attached hydrogens (tertiary/aromatic N) is 2. The molecule has 0 aromatic heterocycles. The van der Waals surface area contributed by atoms with E-state index < -0.39 is 0 Å². The molecular formula is C12H16N2. The zero-order valence-electron chi connectivity index (χ0n) is 8.77. The zero-order chi connectivity index (χ0) is 10.8. The quantitative estimate of drug-likeness (QED) is 0.467. The Morgan fingerprint density at radius 2 is 1.21 bits per heavy atom. The molecule has 0 atom stereocenters. The first-order valence-electron chi connectivity index (χ1n) is 4.34. The van der Waals surface area contributed by atoms with E-state index in [9.17, 15) is 0 Å². The van der Waals surface area contributed by atoms with Crippen LogP contribution in [0.4, 0.5) is 0 Å². The average molecular weight is 188 g/mol. The first-order valence-corrected chi connectivity index (χ1v) is 4.34. The fraction of sp³-hybridized carbons (Fsp3) is 0.167. The standard InChI is InChI=1S/C12H16N2/c1-5-13-9-7-11(3)12(4)8-10-14-6-2/h5-10H,1-2H2,3-4H3/b11-7+,12-8+,13-9-,14-10-. The molecule has 0 spiro atoms. The minimum absolute atomic E-state index is 1.14. The predicted octanol–water partition coefficient (Wildman–Crippen LogP) is 3.31. The smallest absolute Gasteiger partial charge is 0.0270 e. The molecule has 0 aliphatic heterocycles. The first kappa shape index (κ1) is 12.3. The van der Waals surface area contributed by atoms with Crippen molar-refractivity contribution in [3.63, 3.8) is 0 Å². The number of rotatable bonds is 5. The van der Waals surface area contributed by atoms with Crippen LogP contribution < -0.4 is 0 Å². The lowest BCUT2D eigenvalue weighted by Crippen LogP contribution is -1.81. The topological polar surface area (TPSA) is 24.7 Å². The van der Waals surface area contributed by atoms with Crippen molar-refractivity contribution >= 4 is 12.4 Å². The van der Waals surface area contributed by atoms with Gasteiger partial charge in [-0.15, -0.1) is 0 Å². The van der Waals surface area contributed by atoms with Crippen LogP contribution in [-0.4, -0.2) is 12.4 Å². The second-order valence-corrected chi connectivity index (χ2v) is 2.66. The van der Waals surface area contributed by atoms with Crippen molar-refractivity contribution < 1.29 is 0 Å². The Labute approximate surface area is 85.8 Å².